The Labute approximate surface area is 283 Å². The van der Waals surface area contributed by atoms with Gasteiger partial charge in [0.1, 0.15) is 0 Å². The van der Waals surface area contributed by atoms with Crippen molar-refractivity contribution in [2.45, 2.75) is 143 Å². The van der Waals surface area contributed by atoms with E-state index in [4.69, 9.17) is 14.2 Å². The van der Waals surface area contributed by atoms with E-state index < -0.39 is 14.2 Å². The van der Waals surface area contributed by atoms with Gasteiger partial charge >= 0.3 is 285 Å². The molecular formula is C34H66O6S3Sn. The first-order valence-electron chi connectivity index (χ1n) is 17.5. The fourth-order valence-corrected chi connectivity index (χ4v) is 38.1. The predicted molar refractivity (Wildman–Crippen MR) is 196 cm³/mol. The van der Waals surface area contributed by atoms with Gasteiger partial charge in [-0.2, -0.15) is 0 Å². The average Bonchev–Trinajstić information content (AvgIpc) is 3.02. The first-order chi connectivity index (χ1) is 21.1. The van der Waals surface area contributed by atoms with Crippen molar-refractivity contribution in [1.29, 1.82) is 0 Å². The van der Waals surface area contributed by atoms with Crippen molar-refractivity contribution in [3.05, 3.63) is 0 Å². The number of unbranched alkanes of at least 4 members (excludes halogenated alkanes) is 4. The van der Waals surface area contributed by atoms with Gasteiger partial charge in [0.15, 0.2) is 0 Å². The van der Waals surface area contributed by atoms with Gasteiger partial charge < -0.3 is 0 Å². The normalized spacial score (nSPS) is 14.8. The van der Waals surface area contributed by atoms with Gasteiger partial charge in [-0.15, -0.1) is 0 Å². The predicted octanol–water partition coefficient (Wildman–Crippen LogP) is 10.2. The van der Waals surface area contributed by atoms with Crippen molar-refractivity contribution in [2.24, 2.45) is 17.8 Å². The third-order valence-electron chi connectivity index (χ3n) is 8.22. The fraction of sp³-hybridized carbons (Fsp3) is 0.912. The molecule has 0 spiro atoms. The van der Waals surface area contributed by atoms with E-state index >= 15 is 0 Å². The van der Waals surface area contributed by atoms with Gasteiger partial charge in [-0.05, 0) is 0 Å². The van der Waals surface area contributed by atoms with Crippen LogP contribution in [0.2, 0.25) is 4.44 Å². The van der Waals surface area contributed by atoms with E-state index in [-0.39, 0.29) is 35.2 Å². The Kier molecular flexibility index (Phi) is 29.6. The summed E-state index contributed by atoms with van der Waals surface area (Å²) in [5, 5.41) is 0. The molecule has 0 aromatic carbocycles. The molecule has 0 fully saturated rings. The number of hydrogen-bond acceptors (Lipinski definition) is 9. The van der Waals surface area contributed by atoms with Gasteiger partial charge in [0.05, 0.1) is 0 Å². The van der Waals surface area contributed by atoms with Gasteiger partial charge in [-0.3, -0.25) is 0 Å². The number of carbonyl (C=O) groups is 3. The topological polar surface area (TPSA) is 78.9 Å². The summed E-state index contributed by atoms with van der Waals surface area (Å²) in [5.41, 5.74) is 0. The molecule has 0 radical (unpaired) electrons. The second-order valence-corrected chi connectivity index (χ2v) is 46.0. The molecule has 0 bridgehead atoms. The van der Waals surface area contributed by atoms with Gasteiger partial charge in [0, 0.05) is 0 Å². The zero-order valence-corrected chi connectivity index (χ0v) is 34.6. The molecule has 0 heterocycles. The Morgan fingerprint density at radius 2 is 0.841 bits per heavy atom. The Hall–Kier alpha value is 0.259. The van der Waals surface area contributed by atoms with Crippen LogP contribution in [-0.4, -0.2) is 69.2 Å². The van der Waals surface area contributed by atoms with Crippen molar-refractivity contribution in [1.82, 2.24) is 0 Å². The van der Waals surface area contributed by atoms with Crippen LogP contribution < -0.4 is 0 Å². The third kappa shape index (κ3) is 25.4. The van der Waals surface area contributed by atoms with E-state index in [0.717, 1.165) is 75.1 Å². The second-order valence-electron chi connectivity index (χ2n) is 12.3. The Balaban J connectivity index is 5.08. The maximum absolute atomic E-state index is 12.7. The van der Waals surface area contributed by atoms with Crippen LogP contribution in [0.4, 0.5) is 0 Å². The summed E-state index contributed by atoms with van der Waals surface area (Å²) in [5.74, 6) is 2.38. The quantitative estimate of drug-likeness (QED) is 0.0306. The Bertz CT molecular complexity index is 653. The molecule has 0 aromatic rings. The van der Waals surface area contributed by atoms with Gasteiger partial charge in [-0.25, -0.2) is 0 Å². The molecule has 0 N–H and O–H groups in total. The summed E-state index contributed by atoms with van der Waals surface area (Å²) >= 11 is -3.32. The third-order valence-corrected chi connectivity index (χ3v) is 46.8. The van der Waals surface area contributed by atoms with Crippen LogP contribution in [0.3, 0.4) is 0 Å². The molecule has 260 valence electrons. The summed E-state index contributed by atoms with van der Waals surface area (Å²) in [6.07, 6.45) is 14.9. The van der Waals surface area contributed by atoms with Crippen molar-refractivity contribution in [3.63, 3.8) is 0 Å². The number of esters is 3. The van der Waals surface area contributed by atoms with Crippen molar-refractivity contribution < 1.29 is 28.6 Å². The van der Waals surface area contributed by atoms with Crippen LogP contribution >= 0.6 is 26.8 Å². The van der Waals surface area contributed by atoms with Crippen LogP contribution in [-0.2, 0) is 28.6 Å². The molecule has 0 saturated heterocycles. The number of ether oxygens (including phenoxy) is 3. The SMILES string of the molecule is CCC[CH2][Sn]([S]CC(=O)OCCCCC(C)CC)([S]CC(=O)OCCCCC(C)CC)[S]CC(=O)OCCCCC(C)CC. The van der Waals surface area contributed by atoms with Gasteiger partial charge in [0.25, 0.3) is 0 Å². The van der Waals surface area contributed by atoms with Crippen LogP contribution in [0.25, 0.3) is 0 Å². The molecule has 0 aliphatic carbocycles. The Morgan fingerprint density at radius 1 is 0.523 bits per heavy atom. The minimum absolute atomic E-state index is 0.190. The van der Waals surface area contributed by atoms with E-state index in [1.807, 2.05) is 0 Å². The molecule has 0 rings (SSSR count). The summed E-state index contributed by atoms with van der Waals surface area (Å²) < 4.78 is 17.7. The molecule has 0 amide bonds. The molecule has 0 saturated carbocycles. The monoisotopic (exact) mass is 786 g/mol. The van der Waals surface area contributed by atoms with Crippen LogP contribution in [0.15, 0.2) is 0 Å². The summed E-state index contributed by atoms with van der Waals surface area (Å²) in [6.45, 7) is 16.9. The van der Waals surface area contributed by atoms with Gasteiger partial charge in [0.2, 0.25) is 0 Å². The van der Waals surface area contributed by atoms with Gasteiger partial charge in [-0.1, -0.05) is 0 Å². The molecule has 0 aromatic heterocycles. The number of rotatable bonds is 30. The standard InChI is InChI=1S/3C10H20O2S.C4H9.Sn/c3*1-3-9(2)6-4-5-7-12-10(11)8-13;1-3-4-2;/h3*9,13H,3-8H2,1-2H3;1,3-4H2,2H3;/q;;;;+3/p-3. The van der Waals surface area contributed by atoms with Crippen LogP contribution in [0, 0.1) is 17.8 Å². The number of carbonyl (C=O) groups excluding carboxylic acids is 3. The van der Waals surface area contributed by atoms with Crippen LogP contribution in [0.5, 0.6) is 0 Å². The van der Waals surface area contributed by atoms with E-state index in [1.165, 1.54) is 19.3 Å². The molecule has 3 atom stereocenters. The molecule has 0 aliphatic rings. The number of hydrogen-bond donors (Lipinski definition) is 0. The first-order valence-corrected chi connectivity index (χ1v) is 33.0. The summed E-state index contributed by atoms with van der Waals surface area (Å²) in [4.78, 5) is 38.2. The second kappa shape index (κ2) is 29.4. The zero-order valence-electron chi connectivity index (χ0n) is 29.3. The molecule has 6 nitrogen and oxygen atoms in total. The molecule has 3 unspecified atom stereocenters. The molecule has 44 heavy (non-hydrogen) atoms. The van der Waals surface area contributed by atoms with Crippen LogP contribution in [0.1, 0.15) is 138 Å². The minimum atomic E-state index is -3.32. The molecular weight excluding hydrogens is 719 g/mol. The molecule has 10 heteroatoms. The van der Waals surface area contributed by atoms with E-state index in [9.17, 15) is 14.4 Å². The molecule has 0 aliphatic heterocycles. The maximum atomic E-state index is 12.7. The summed E-state index contributed by atoms with van der Waals surface area (Å²) in [7, 11) is 5.08. The van der Waals surface area contributed by atoms with E-state index in [1.54, 1.807) is 26.8 Å². The first kappa shape index (κ1) is 44.3. The van der Waals surface area contributed by atoms with Crippen molar-refractivity contribution in [3.8, 4) is 0 Å². The average molecular weight is 786 g/mol. The van der Waals surface area contributed by atoms with E-state index in [2.05, 4.69) is 48.5 Å². The fourth-order valence-electron chi connectivity index (χ4n) is 4.32. The van der Waals surface area contributed by atoms with Crippen molar-refractivity contribution in [2.75, 3.05) is 37.1 Å². The van der Waals surface area contributed by atoms with E-state index in [0.29, 0.717) is 37.6 Å². The Morgan fingerprint density at radius 3 is 1.11 bits per heavy atom. The van der Waals surface area contributed by atoms with Crippen molar-refractivity contribution >= 4 is 59.0 Å². The zero-order chi connectivity index (χ0) is 33.1. The summed E-state index contributed by atoms with van der Waals surface area (Å²) in [6, 6.07) is 0.